The Labute approximate surface area is 177 Å². The molecule has 0 aliphatic carbocycles. The summed E-state index contributed by atoms with van der Waals surface area (Å²) in [5, 5.41) is 3.97. The van der Waals surface area contributed by atoms with E-state index in [1.165, 1.54) is 11.1 Å². The van der Waals surface area contributed by atoms with Crippen LogP contribution in [-0.2, 0) is 11.4 Å². The lowest BCUT2D eigenvalue weighted by molar-refractivity contribution is -0.123. The summed E-state index contributed by atoms with van der Waals surface area (Å²) in [6.45, 7) is 6.52. The standard InChI is InChI=1S/C25H26N2O3/c1-18-4-7-22(8-5-18)16-29-23-12-9-21(10-13-23)15-26-27-25(28)17-30-24-11-6-19(2)20(3)14-24/h4-15H,16-17H2,1-3H3,(H,27,28)/b26-15-. The first-order valence-corrected chi connectivity index (χ1v) is 9.80. The zero-order valence-corrected chi connectivity index (χ0v) is 17.5. The van der Waals surface area contributed by atoms with E-state index in [9.17, 15) is 4.79 Å². The Kier molecular flexibility index (Phi) is 7.22. The van der Waals surface area contributed by atoms with Gasteiger partial charge in [-0.25, -0.2) is 5.43 Å². The molecule has 0 fully saturated rings. The summed E-state index contributed by atoms with van der Waals surface area (Å²) in [6.07, 6.45) is 1.58. The van der Waals surface area contributed by atoms with Crippen molar-refractivity contribution in [1.29, 1.82) is 0 Å². The van der Waals surface area contributed by atoms with Crippen LogP contribution in [0.2, 0.25) is 0 Å². The quantitative estimate of drug-likeness (QED) is 0.438. The molecule has 5 nitrogen and oxygen atoms in total. The Morgan fingerprint density at radius 2 is 1.57 bits per heavy atom. The number of ether oxygens (including phenoxy) is 2. The van der Waals surface area contributed by atoms with E-state index in [1.807, 2.05) is 56.3 Å². The van der Waals surface area contributed by atoms with Gasteiger partial charge in [0.1, 0.15) is 18.1 Å². The summed E-state index contributed by atoms with van der Waals surface area (Å²) in [5.41, 5.74) is 7.98. The van der Waals surface area contributed by atoms with Crippen LogP contribution in [0.5, 0.6) is 11.5 Å². The van der Waals surface area contributed by atoms with Crippen LogP contribution in [0.1, 0.15) is 27.8 Å². The number of benzene rings is 3. The van der Waals surface area contributed by atoms with Gasteiger partial charge in [0.2, 0.25) is 0 Å². The van der Waals surface area contributed by atoms with Crippen molar-refractivity contribution < 1.29 is 14.3 Å². The van der Waals surface area contributed by atoms with Gasteiger partial charge >= 0.3 is 0 Å². The second-order valence-electron chi connectivity index (χ2n) is 7.17. The van der Waals surface area contributed by atoms with E-state index >= 15 is 0 Å². The number of carbonyl (C=O) groups excluding carboxylic acids is 1. The highest BCUT2D eigenvalue weighted by Gasteiger charge is 2.03. The molecule has 3 aromatic rings. The second kappa shape index (κ2) is 10.3. The first-order chi connectivity index (χ1) is 14.5. The maximum atomic E-state index is 11.9. The van der Waals surface area contributed by atoms with Crippen molar-refractivity contribution in [1.82, 2.24) is 5.43 Å². The van der Waals surface area contributed by atoms with E-state index in [2.05, 4.69) is 41.7 Å². The van der Waals surface area contributed by atoms with Gasteiger partial charge in [-0.3, -0.25) is 4.79 Å². The lowest BCUT2D eigenvalue weighted by Gasteiger charge is -2.07. The number of hydrogen-bond donors (Lipinski definition) is 1. The van der Waals surface area contributed by atoms with Crippen molar-refractivity contribution in [2.45, 2.75) is 27.4 Å². The number of aryl methyl sites for hydroxylation is 3. The summed E-state index contributed by atoms with van der Waals surface area (Å²) in [5.74, 6) is 1.12. The second-order valence-corrected chi connectivity index (χ2v) is 7.17. The highest BCUT2D eigenvalue weighted by Crippen LogP contribution is 2.16. The van der Waals surface area contributed by atoms with Crippen molar-refractivity contribution in [3.8, 4) is 11.5 Å². The lowest BCUT2D eigenvalue weighted by Crippen LogP contribution is -2.24. The molecule has 1 N–H and O–H groups in total. The molecule has 0 aliphatic heterocycles. The maximum Gasteiger partial charge on any atom is 0.277 e. The SMILES string of the molecule is Cc1ccc(COc2ccc(/C=N\NC(=O)COc3ccc(C)c(C)c3)cc2)cc1. The van der Waals surface area contributed by atoms with Crippen molar-refractivity contribution in [2.75, 3.05) is 6.61 Å². The van der Waals surface area contributed by atoms with Gasteiger partial charge < -0.3 is 9.47 Å². The van der Waals surface area contributed by atoms with Gasteiger partial charge in [0.05, 0.1) is 6.21 Å². The van der Waals surface area contributed by atoms with Gasteiger partial charge in [-0.05, 0) is 79.4 Å². The van der Waals surface area contributed by atoms with Crippen LogP contribution in [0.3, 0.4) is 0 Å². The van der Waals surface area contributed by atoms with Crippen molar-refractivity contribution >= 4 is 12.1 Å². The van der Waals surface area contributed by atoms with Crippen LogP contribution in [0.25, 0.3) is 0 Å². The molecule has 3 aromatic carbocycles. The number of rotatable bonds is 8. The highest BCUT2D eigenvalue weighted by atomic mass is 16.5. The van der Waals surface area contributed by atoms with Crippen molar-refractivity contribution in [3.05, 3.63) is 94.5 Å². The monoisotopic (exact) mass is 402 g/mol. The number of amides is 1. The van der Waals surface area contributed by atoms with Gasteiger partial charge in [0.15, 0.2) is 6.61 Å². The average molecular weight is 402 g/mol. The van der Waals surface area contributed by atoms with Gasteiger partial charge in [-0.2, -0.15) is 5.10 Å². The van der Waals surface area contributed by atoms with E-state index < -0.39 is 0 Å². The predicted molar refractivity (Wildman–Crippen MR) is 119 cm³/mol. The molecule has 0 saturated heterocycles. The third-order valence-corrected chi connectivity index (χ3v) is 4.66. The minimum atomic E-state index is -0.317. The average Bonchev–Trinajstić information content (AvgIpc) is 2.75. The van der Waals surface area contributed by atoms with Crippen LogP contribution in [0, 0.1) is 20.8 Å². The van der Waals surface area contributed by atoms with E-state index in [0.29, 0.717) is 12.4 Å². The fraction of sp³-hybridized carbons (Fsp3) is 0.200. The van der Waals surface area contributed by atoms with Crippen LogP contribution in [0.4, 0.5) is 0 Å². The molecule has 0 radical (unpaired) electrons. The van der Waals surface area contributed by atoms with Crippen LogP contribution >= 0.6 is 0 Å². The first kappa shape index (κ1) is 21.1. The maximum absolute atomic E-state index is 11.9. The van der Waals surface area contributed by atoms with Gasteiger partial charge in [-0.15, -0.1) is 0 Å². The smallest absolute Gasteiger partial charge is 0.277 e. The van der Waals surface area contributed by atoms with Gasteiger partial charge in [0.25, 0.3) is 5.91 Å². The molecule has 0 bridgehead atoms. The zero-order chi connectivity index (χ0) is 21.3. The summed E-state index contributed by atoms with van der Waals surface area (Å²) in [4.78, 5) is 11.9. The molecule has 0 atom stereocenters. The topological polar surface area (TPSA) is 59.9 Å². The largest absolute Gasteiger partial charge is 0.489 e. The molecule has 3 rings (SSSR count). The zero-order valence-electron chi connectivity index (χ0n) is 17.5. The number of nitrogens with zero attached hydrogens (tertiary/aromatic N) is 1. The number of nitrogens with one attached hydrogen (secondary N) is 1. The van der Waals surface area contributed by atoms with Crippen LogP contribution < -0.4 is 14.9 Å². The molecule has 0 spiro atoms. The molecule has 154 valence electrons. The molecule has 0 aliphatic rings. The Morgan fingerprint density at radius 1 is 0.867 bits per heavy atom. The summed E-state index contributed by atoms with van der Waals surface area (Å²) < 4.78 is 11.3. The molecular weight excluding hydrogens is 376 g/mol. The van der Waals surface area contributed by atoms with E-state index in [4.69, 9.17) is 9.47 Å². The fourth-order valence-electron chi connectivity index (χ4n) is 2.66. The molecule has 5 heteroatoms. The number of carbonyl (C=O) groups is 1. The number of hydrazone groups is 1. The van der Waals surface area contributed by atoms with Crippen molar-refractivity contribution in [2.24, 2.45) is 5.10 Å². The third kappa shape index (κ3) is 6.48. The first-order valence-electron chi connectivity index (χ1n) is 9.80. The Hall–Kier alpha value is -3.60. The number of hydrogen-bond acceptors (Lipinski definition) is 4. The molecule has 1 amide bonds. The van der Waals surface area contributed by atoms with Crippen LogP contribution in [0.15, 0.2) is 71.8 Å². The molecule has 0 saturated carbocycles. The lowest BCUT2D eigenvalue weighted by atomic mass is 10.1. The summed E-state index contributed by atoms with van der Waals surface area (Å²) in [7, 11) is 0. The van der Waals surface area contributed by atoms with Gasteiger partial charge in [-0.1, -0.05) is 35.9 Å². The van der Waals surface area contributed by atoms with E-state index in [0.717, 1.165) is 22.4 Å². The summed E-state index contributed by atoms with van der Waals surface area (Å²) >= 11 is 0. The Morgan fingerprint density at radius 3 is 2.27 bits per heavy atom. The molecule has 0 aromatic heterocycles. The van der Waals surface area contributed by atoms with E-state index in [1.54, 1.807) is 6.21 Å². The Balaban J connectivity index is 1.42. The minimum absolute atomic E-state index is 0.0916. The third-order valence-electron chi connectivity index (χ3n) is 4.66. The summed E-state index contributed by atoms with van der Waals surface area (Å²) in [6, 6.07) is 21.5. The normalized spacial score (nSPS) is 10.8. The van der Waals surface area contributed by atoms with Crippen molar-refractivity contribution in [3.63, 3.8) is 0 Å². The van der Waals surface area contributed by atoms with E-state index in [-0.39, 0.29) is 12.5 Å². The highest BCUT2D eigenvalue weighted by molar-refractivity contribution is 5.83. The molecule has 0 heterocycles. The molecular formula is C25H26N2O3. The molecule has 0 unspecified atom stereocenters. The Bertz CT molecular complexity index is 1010. The fourth-order valence-corrected chi connectivity index (χ4v) is 2.66. The minimum Gasteiger partial charge on any atom is -0.489 e. The van der Waals surface area contributed by atoms with Gasteiger partial charge in [0, 0.05) is 0 Å². The molecule has 30 heavy (non-hydrogen) atoms. The van der Waals surface area contributed by atoms with Crippen LogP contribution in [-0.4, -0.2) is 18.7 Å². The predicted octanol–water partition coefficient (Wildman–Crippen LogP) is 4.72.